The maximum absolute atomic E-state index is 12.9. The van der Waals surface area contributed by atoms with Crippen molar-refractivity contribution in [3.8, 4) is 0 Å². The third kappa shape index (κ3) is 4.43. The molecule has 3 atom stereocenters. The lowest BCUT2D eigenvalue weighted by molar-refractivity contribution is -0.145. The van der Waals surface area contributed by atoms with E-state index in [4.69, 9.17) is 0 Å². The highest BCUT2D eigenvalue weighted by Gasteiger charge is 2.58. The second kappa shape index (κ2) is 8.94. The zero-order valence-corrected chi connectivity index (χ0v) is 17.0. The van der Waals surface area contributed by atoms with Crippen LogP contribution in [-0.2, 0) is 14.4 Å². The van der Waals surface area contributed by atoms with Crippen molar-refractivity contribution >= 4 is 17.3 Å². The first-order valence-corrected chi connectivity index (χ1v) is 9.76. The number of hydrogen-bond acceptors (Lipinski definition) is 5. The number of ketones is 3. The van der Waals surface area contributed by atoms with Gasteiger partial charge in [0.1, 0.15) is 11.3 Å². The molecule has 0 aromatic rings. The molecule has 0 aromatic carbocycles. The normalized spacial score (nSPS) is 24.7. The maximum Gasteiger partial charge on any atom is 0.190 e. The highest BCUT2D eigenvalue weighted by molar-refractivity contribution is 6.26. The van der Waals surface area contributed by atoms with Crippen molar-refractivity contribution in [1.82, 2.24) is 0 Å². The Labute approximate surface area is 156 Å². The largest absolute Gasteiger partial charge is 0.508 e. The van der Waals surface area contributed by atoms with Crippen molar-refractivity contribution in [2.24, 2.45) is 23.7 Å². The molecule has 0 aliphatic heterocycles. The van der Waals surface area contributed by atoms with E-state index in [-0.39, 0.29) is 30.3 Å². The number of aliphatic hydroxyl groups excluding tert-OH is 1. The molecule has 1 rings (SSSR count). The van der Waals surface area contributed by atoms with E-state index in [9.17, 15) is 24.6 Å². The predicted octanol–water partition coefficient (Wildman–Crippen LogP) is 3.79. The summed E-state index contributed by atoms with van der Waals surface area (Å²) in [5.74, 6) is -3.38. The first kappa shape index (κ1) is 22.6. The Morgan fingerprint density at radius 2 is 1.62 bits per heavy atom. The molecular formula is C21H34O5. The number of rotatable bonds is 10. The zero-order chi connectivity index (χ0) is 20.2. The van der Waals surface area contributed by atoms with Crippen molar-refractivity contribution in [2.45, 2.75) is 79.2 Å². The summed E-state index contributed by atoms with van der Waals surface area (Å²) in [4.78, 5) is 38.3. The Morgan fingerprint density at radius 1 is 1.08 bits per heavy atom. The molecule has 26 heavy (non-hydrogen) atoms. The highest BCUT2D eigenvalue weighted by Crippen LogP contribution is 2.42. The maximum atomic E-state index is 12.9. The van der Waals surface area contributed by atoms with Crippen LogP contribution in [-0.4, -0.2) is 33.2 Å². The van der Waals surface area contributed by atoms with Crippen LogP contribution in [0.3, 0.4) is 0 Å². The van der Waals surface area contributed by atoms with Gasteiger partial charge in [0.2, 0.25) is 0 Å². The van der Waals surface area contributed by atoms with Gasteiger partial charge in [-0.1, -0.05) is 48.0 Å². The standard InChI is InChI=1S/C21H34O5/c1-7-14(6)18(23)17-19(24)15(10-8-12(2)3)21(26,20(17)25)16(22)11-9-13(4)5/h12-15,25-26H,7-11H2,1-6H3/t14?,15-,21?/m1/s1. The Kier molecular flexibility index (Phi) is 7.75. The SMILES string of the molecule is CCC(C)C(=O)C1=C(O)C(O)(C(=O)CCC(C)C)[C@H](CCC(C)C)C1=O. The van der Waals surface area contributed by atoms with E-state index in [1.54, 1.807) is 6.92 Å². The van der Waals surface area contributed by atoms with E-state index in [2.05, 4.69) is 0 Å². The number of Topliss-reactive ketones (excluding diaryl/α,β-unsaturated/α-hetero) is 3. The number of carbonyl (C=O) groups is 3. The fourth-order valence-electron chi connectivity index (χ4n) is 3.28. The van der Waals surface area contributed by atoms with Crippen molar-refractivity contribution in [2.75, 3.05) is 0 Å². The van der Waals surface area contributed by atoms with Crippen molar-refractivity contribution in [1.29, 1.82) is 0 Å². The van der Waals surface area contributed by atoms with E-state index in [0.717, 1.165) is 0 Å². The molecule has 1 aliphatic rings. The van der Waals surface area contributed by atoms with Crippen molar-refractivity contribution in [3.05, 3.63) is 11.3 Å². The van der Waals surface area contributed by atoms with Crippen LogP contribution in [0.5, 0.6) is 0 Å². The third-order valence-electron chi connectivity index (χ3n) is 5.38. The molecule has 0 fully saturated rings. The molecule has 2 N–H and O–H groups in total. The number of carbonyl (C=O) groups excluding carboxylic acids is 3. The monoisotopic (exact) mass is 366 g/mol. The fraction of sp³-hybridized carbons (Fsp3) is 0.762. The van der Waals surface area contributed by atoms with Gasteiger partial charge in [-0.15, -0.1) is 0 Å². The quantitative estimate of drug-likeness (QED) is 0.574. The molecule has 0 amide bonds. The molecular weight excluding hydrogens is 332 g/mol. The van der Waals surface area contributed by atoms with Crippen LogP contribution in [0.25, 0.3) is 0 Å². The number of allylic oxidation sites excluding steroid dienone is 1. The molecule has 0 bridgehead atoms. The van der Waals surface area contributed by atoms with Crippen LogP contribution in [0.2, 0.25) is 0 Å². The van der Waals surface area contributed by atoms with E-state index < -0.39 is 40.5 Å². The first-order chi connectivity index (χ1) is 12.0. The lowest BCUT2D eigenvalue weighted by Crippen LogP contribution is -2.47. The van der Waals surface area contributed by atoms with Gasteiger partial charge in [-0.25, -0.2) is 0 Å². The molecule has 1 aliphatic carbocycles. The van der Waals surface area contributed by atoms with Gasteiger partial charge in [0.05, 0.1) is 5.92 Å². The van der Waals surface area contributed by atoms with E-state index in [1.807, 2.05) is 34.6 Å². The van der Waals surface area contributed by atoms with Gasteiger partial charge < -0.3 is 10.2 Å². The van der Waals surface area contributed by atoms with Crippen LogP contribution >= 0.6 is 0 Å². The van der Waals surface area contributed by atoms with E-state index in [1.165, 1.54) is 0 Å². The first-order valence-electron chi connectivity index (χ1n) is 9.76. The Balaban J connectivity index is 3.31. The second-order valence-corrected chi connectivity index (χ2v) is 8.41. The summed E-state index contributed by atoms with van der Waals surface area (Å²) >= 11 is 0. The minimum Gasteiger partial charge on any atom is -0.508 e. The van der Waals surface area contributed by atoms with Crippen LogP contribution in [0.4, 0.5) is 0 Å². The van der Waals surface area contributed by atoms with Crippen LogP contribution in [0.15, 0.2) is 11.3 Å². The molecule has 0 aromatic heterocycles. The molecule has 2 unspecified atom stereocenters. The van der Waals surface area contributed by atoms with Crippen LogP contribution < -0.4 is 0 Å². The lowest BCUT2D eigenvalue weighted by atomic mass is 9.79. The fourth-order valence-corrected chi connectivity index (χ4v) is 3.28. The second-order valence-electron chi connectivity index (χ2n) is 8.41. The molecule has 5 heteroatoms. The van der Waals surface area contributed by atoms with E-state index in [0.29, 0.717) is 19.3 Å². The highest BCUT2D eigenvalue weighted by atomic mass is 16.3. The summed E-state index contributed by atoms with van der Waals surface area (Å²) in [7, 11) is 0. The Bertz CT molecular complexity index is 587. The summed E-state index contributed by atoms with van der Waals surface area (Å²) < 4.78 is 0. The van der Waals surface area contributed by atoms with Crippen LogP contribution in [0, 0.1) is 23.7 Å². The average molecular weight is 366 g/mol. The molecule has 0 heterocycles. The molecule has 0 saturated carbocycles. The molecule has 0 saturated heterocycles. The summed E-state index contributed by atoms with van der Waals surface area (Å²) in [5.41, 5.74) is -2.63. The van der Waals surface area contributed by atoms with Crippen molar-refractivity contribution < 1.29 is 24.6 Å². The molecule has 0 radical (unpaired) electrons. The number of hydrogen-bond donors (Lipinski definition) is 2. The van der Waals surface area contributed by atoms with Gasteiger partial charge in [0.15, 0.2) is 23.0 Å². The Morgan fingerprint density at radius 3 is 2.08 bits per heavy atom. The smallest absolute Gasteiger partial charge is 0.190 e. The molecule has 148 valence electrons. The Hall–Kier alpha value is -1.49. The average Bonchev–Trinajstić information content (AvgIpc) is 2.76. The molecule has 5 nitrogen and oxygen atoms in total. The van der Waals surface area contributed by atoms with E-state index >= 15 is 0 Å². The summed E-state index contributed by atoms with van der Waals surface area (Å²) in [6, 6.07) is 0. The minimum absolute atomic E-state index is 0.0640. The number of aliphatic hydroxyl groups is 2. The predicted molar refractivity (Wildman–Crippen MR) is 101 cm³/mol. The van der Waals surface area contributed by atoms with Gasteiger partial charge in [-0.3, -0.25) is 14.4 Å². The van der Waals surface area contributed by atoms with Gasteiger partial charge in [-0.2, -0.15) is 0 Å². The zero-order valence-electron chi connectivity index (χ0n) is 17.0. The van der Waals surface area contributed by atoms with Crippen LogP contribution in [0.1, 0.15) is 73.6 Å². The topological polar surface area (TPSA) is 91.7 Å². The van der Waals surface area contributed by atoms with Gasteiger partial charge in [0, 0.05) is 12.3 Å². The summed E-state index contributed by atoms with van der Waals surface area (Å²) in [5, 5.41) is 21.8. The summed E-state index contributed by atoms with van der Waals surface area (Å²) in [6.45, 7) is 11.4. The van der Waals surface area contributed by atoms with Gasteiger partial charge in [-0.05, 0) is 31.1 Å². The minimum atomic E-state index is -2.26. The van der Waals surface area contributed by atoms with Gasteiger partial charge in [0.25, 0.3) is 0 Å². The lowest BCUT2D eigenvalue weighted by Gasteiger charge is -2.28. The van der Waals surface area contributed by atoms with Crippen molar-refractivity contribution in [3.63, 3.8) is 0 Å². The third-order valence-corrected chi connectivity index (χ3v) is 5.38. The molecule has 0 spiro atoms. The summed E-state index contributed by atoms with van der Waals surface area (Å²) in [6.07, 6.45) is 2.01. The van der Waals surface area contributed by atoms with Gasteiger partial charge >= 0.3 is 0 Å².